The molecule has 0 aromatic heterocycles. The molecule has 1 fully saturated rings. The van der Waals surface area contributed by atoms with Gasteiger partial charge in [0.25, 0.3) is 0 Å². The van der Waals surface area contributed by atoms with Crippen molar-refractivity contribution in [1.82, 2.24) is 10.6 Å². The molecule has 1 aromatic carbocycles. The van der Waals surface area contributed by atoms with Crippen molar-refractivity contribution in [2.45, 2.75) is 43.2 Å². The van der Waals surface area contributed by atoms with Crippen molar-refractivity contribution in [2.75, 3.05) is 13.2 Å². The third-order valence-corrected chi connectivity index (χ3v) is 4.77. The monoisotopic (exact) mass is 341 g/mol. The second-order valence-corrected chi connectivity index (χ2v) is 7.14. The number of urea groups is 1. The van der Waals surface area contributed by atoms with Gasteiger partial charge in [-0.3, -0.25) is 0 Å². The average Bonchev–Trinajstić information content (AvgIpc) is 2.53. The fraction of sp³-hybridized carbons (Fsp3) is 0.533. The molecule has 23 heavy (non-hydrogen) atoms. The van der Waals surface area contributed by atoms with Crippen molar-refractivity contribution in [3.8, 4) is 0 Å². The van der Waals surface area contributed by atoms with E-state index in [0.717, 1.165) is 12.8 Å². The lowest BCUT2D eigenvalue weighted by Gasteiger charge is -2.25. The Hall–Kier alpha value is -1.64. The number of carbonyl (C=O) groups excluding carboxylic acids is 1. The van der Waals surface area contributed by atoms with Crippen LogP contribution in [0.15, 0.2) is 29.2 Å². The largest absolute Gasteiger partial charge is 0.381 e. The standard InChI is InChI=1S/C15H23N3O4S/c1-2-14(11-4-3-5-13(10-11)23(16,20)21)18-15(19)17-12-6-8-22-9-7-12/h3-5,10,12,14H,2,6-9H2,1H3,(H2,16,20,21)(H2,17,18,19)/t14-/m1/s1. The molecule has 1 saturated heterocycles. The van der Waals surface area contributed by atoms with Crippen molar-refractivity contribution in [3.05, 3.63) is 29.8 Å². The van der Waals surface area contributed by atoms with E-state index in [1.807, 2.05) is 6.92 Å². The van der Waals surface area contributed by atoms with Crippen LogP contribution < -0.4 is 15.8 Å². The van der Waals surface area contributed by atoms with E-state index in [-0.39, 0.29) is 23.0 Å². The lowest BCUT2D eigenvalue weighted by Crippen LogP contribution is -2.45. The molecule has 2 amide bonds. The smallest absolute Gasteiger partial charge is 0.315 e. The second-order valence-electron chi connectivity index (χ2n) is 5.58. The molecular formula is C15H23N3O4S. The van der Waals surface area contributed by atoms with Crippen LogP contribution in [-0.4, -0.2) is 33.7 Å². The van der Waals surface area contributed by atoms with Crippen molar-refractivity contribution in [3.63, 3.8) is 0 Å². The minimum absolute atomic E-state index is 0.0417. The molecule has 1 atom stereocenters. The zero-order chi connectivity index (χ0) is 16.9. The average molecular weight is 341 g/mol. The van der Waals surface area contributed by atoms with Crippen LogP contribution in [0.4, 0.5) is 4.79 Å². The van der Waals surface area contributed by atoms with E-state index in [9.17, 15) is 13.2 Å². The van der Waals surface area contributed by atoms with Crippen LogP contribution in [0.25, 0.3) is 0 Å². The molecule has 0 saturated carbocycles. The first-order valence-electron chi connectivity index (χ1n) is 7.67. The first kappa shape index (κ1) is 17.7. The van der Waals surface area contributed by atoms with E-state index >= 15 is 0 Å². The van der Waals surface area contributed by atoms with Gasteiger partial charge < -0.3 is 15.4 Å². The number of carbonyl (C=O) groups is 1. The van der Waals surface area contributed by atoms with E-state index < -0.39 is 10.0 Å². The first-order valence-corrected chi connectivity index (χ1v) is 9.22. The van der Waals surface area contributed by atoms with Crippen LogP contribution in [0.5, 0.6) is 0 Å². The van der Waals surface area contributed by atoms with E-state index in [0.29, 0.717) is 25.2 Å². The Kier molecular flexibility index (Phi) is 5.97. The molecule has 0 spiro atoms. The lowest BCUT2D eigenvalue weighted by atomic mass is 10.0. The summed E-state index contributed by atoms with van der Waals surface area (Å²) in [6, 6.07) is 5.90. The Morgan fingerprint density at radius 3 is 2.70 bits per heavy atom. The van der Waals surface area contributed by atoms with Crippen molar-refractivity contribution >= 4 is 16.1 Å². The quantitative estimate of drug-likeness (QED) is 0.749. The van der Waals surface area contributed by atoms with Gasteiger partial charge in [0.2, 0.25) is 10.0 Å². The number of hydrogen-bond acceptors (Lipinski definition) is 4. The Labute approximate surface area is 136 Å². The molecule has 1 aromatic rings. The summed E-state index contributed by atoms with van der Waals surface area (Å²) < 4.78 is 28.2. The fourth-order valence-electron chi connectivity index (χ4n) is 2.56. The summed E-state index contributed by atoms with van der Waals surface area (Å²) in [6.07, 6.45) is 2.23. The van der Waals surface area contributed by atoms with Gasteiger partial charge in [-0.15, -0.1) is 0 Å². The normalized spacial score (nSPS) is 17.5. The van der Waals surface area contributed by atoms with Gasteiger partial charge in [-0.05, 0) is 37.0 Å². The van der Waals surface area contributed by atoms with Crippen LogP contribution >= 0.6 is 0 Å². The lowest BCUT2D eigenvalue weighted by molar-refractivity contribution is 0.0799. The van der Waals surface area contributed by atoms with Gasteiger partial charge in [-0.25, -0.2) is 18.4 Å². The molecule has 0 radical (unpaired) electrons. The number of primary sulfonamides is 1. The Bertz CT molecular complexity index is 642. The van der Waals surface area contributed by atoms with Crippen LogP contribution in [-0.2, 0) is 14.8 Å². The van der Waals surface area contributed by atoms with Crippen LogP contribution in [0.3, 0.4) is 0 Å². The first-order chi connectivity index (χ1) is 10.9. The second kappa shape index (κ2) is 7.76. The number of hydrogen-bond donors (Lipinski definition) is 3. The summed E-state index contributed by atoms with van der Waals surface area (Å²) in [5.41, 5.74) is 0.709. The summed E-state index contributed by atoms with van der Waals surface area (Å²) in [6.45, 7) is 3.22. The highest BCUT2D eigenvalue weighted by Gasteiger charge is 2.19. The van der Waals surface area contributed by atoms with Gasteiger partial charge in [0.1, 0.15) is 0 Å². The molecule has 0 bridgehead atoms. The predicted octanol–water partition coefficient (Wildman–Crippen LogP) is 1.26. The molecule has 0 aliphatic carbocycles. The maximum Gasteiger partial charge on any atom is 0.315 e. The fourth-order valence-corrected chi connectivity index (χ4v) is 3.13. The van der Waals surface area contributed by atoms with Gasteiger partial charge in [-0.1, -0.05) is 19.1 Å². The highest BCUT2D eigenvalue weighted by molar-refractivity contribution is 7.89. The number of ether oxygens (including phenoxy) is 1. The van der Waals surface area contributed by atoms with Gasteiger partial charge in [-0.2, -0.15) is 0 Å². The third-order valence-electron chi connectivity index (χ3n) is 3.86. The molecule has 1 aliphatic heterocycles. The Morgan fingerprint density at radius 2 is 2.09 bits per heavy atom. The van der Waals surface area contributed by atoms with Crippen molar-refractivity contribution < 1.29 is 17.9 Å². The summed E-state index contributed by atoms with van der Waals surface area (Å²) in [7, 11) is -3.76. The summed E-state index contributed by atoms with van der Waals surface area (Å²) >= 11 is 0. The number of rotatable bonds is 5. The molecule has 0 unspecified atom stereocenters. The molecular weight excluding hydrogens is 318 g/mol. The van der Waals surface area contributed by atoms with Crippen LogP contribution in [0.1, 0.15) is 37.8 Å². The summed E-state index contributed by atoms with van der Waals surface area (Å²) in [5.74, 6) is 0. The SMILES string of the molecule is CC[C@@H](NC(=O)NC1CCOCC1)c1cccc(S(N)(=O)=O)c1. The maximum atomic E-state index is 12.1. The molecule has 1 aliphatic rings. The molecule has 1 heterocycles. The van der Waals surface area contributed by atoms with Crippen molar-refractivity contribution in [1.29, 1.82) is 0 Å². The molecule has 128 valence electrons. The topological polar surface area (TPSA) is 111 Å². The van der Waals surface area contributed by atoms with Crippen LogP contribution in [0, 0.1) is 0 Å². The molecule has 7 nitrogen and oxygen atoms in total. The number of nitrogens with two attached hydrogens (primary N) is 1. The highest BCUT2D eigenvalue weighted by Crippen LogP contribution is 2.19. The number of amides is 2. The molecule has 8 heteroatoms. The van der Waals surface area contributed by atoms with Crippen molar-refractivity contribution in [2.24, 2.45) is 5.14 Å². The van der Waals surface area contributed by atoms with Gasteiger partial charge in [0.05, 0.1) is 10.9 Å². The van der Waals surface area contributed by atoms with Gasteiger partial charge >= 0.3 is 6.03 Å². The molecule has 4 N–H and O–H groups in total. The minimum atomic E-state index is -3.76. The zero-order valence-corrected chi connectivity index (χ0v) is 13.9. The summed E-state index contributed by atoms with van der Waals surface area (Å²) in [4.78, 5) is 12.2. The summed E-state index contributed by atoms with van der Waals surface area (Å²) in [5, 5.41) is 11.0. The number of sulfonamides is 1. The van der Waals surface area contributed by atoms with E-state index in [1.165, 1.54) is 12.1 Å². The minimum Gasteiger partial charge on any atom is -0.381 e. The number of benzene rings is 1. The number of nitrogens with one attached hydrogen (secondary N) is 2. The molecule has 2 rings (SSSR count). The maximum absolute atomic E-state index is 12.1. The van der Waals surface area contributed by atoms with E-state index in [2.05, 4.69) is 10.6 Å². The zero-order valence-electron chi connectivity index (χ0n) is 13.1. The van der Waals surface area contributed by atoms with Gasteiger partial charge in [0.15, 0.2) is 0 Å². The van der Waals surface area contributed by atoms with E-state index in [1.54, 1.807) is 12.1 Å². The Balaban J connectivity index is 2.03. The van der Waals surface area contributed by atoms with Gasteiger partial charge in [0, 0.05) is 19.3 Å². The third kappa shape index (κ3) is 5.19. The highest BCUT2D eigenvalue weighted by atomic mass is 32.2. The van der Waals surface area contributed by atoms with E-state index in [4.69, 9.17) is 9.88 Å². The Morgan fingerprint density at radius 1 is 1.39 bits per heavy atom. The van der Waals surface area contributed by atoms with Crippen LogP contribution in [0.2, 0.25) is 0 Å². The predicted molar refractivity (Wildman–Crippen MR) is 86.4 cm³/mol.